The first kappa shape index (κ1) is 11.7. The van der Waals surface area contributed by atoms with E-state index in [9.17, 15) is 4.79 Å². The molecule has 92 valence electrons. The second-order valence-corrected chi connectivity index (χ2v) is 4.52. The van der Waals surface area contributed by atoms with E-state index in [1.165, 1.54) is 0 Å². The van der Waals surface area contributed by atoms with E-state index in [4.69, 9.17) is 11.5 Å². The van der Waals surface area contributed by atoms with Crippen LogP contribution in [0.1, 0.15) is 19.3 Å². The van der Waals surface area contributed by atoms with Gasteiger partial charge in [-0.25, -0.2) is 4.98 Å². The molecule has 1 amide bonds. The normalized spacial score (nSPS) is 17.1. The van der Waals surface area contributed by atoms with Crippen molar-refractivity contribution in [2.24, 2.45) is 11.7 Å². The summed E-state index contributed by atoms with van der Waals surface area (Å²) in [4.78, 5) is 17.3. The molecule has 0 saturated carbocycles. The number of anilines is 2. The van der Waals surface area contributed by atoms with Crippen molar-refractivity contribution in [3.63, 3.8) is 0 Å². The van der Waals surface area contributed by atoms with Crippen molar-refractivity contribution in [1.82, 2.24) is 4.98 Å². The van der Waals surface area contributed by atoms with Gasteiger partial charge in [0.05, 0.1) is 5.69 Å². The van der Waals surface area contributed by atoms with E-state index < -0.39 is 0 Å². The molecular weight excluding hydrogens is 216 g/mol. The highest BCUT2D eigenvalue weighted by atomic mass is 16.1. The van der Waals surface area contributed by atoms with E-state index in [1.807, 2.05) is 12.1 Å². The minimum absolute atomic E-state index is 0.208. The Morgan fingerprint density at radius 1 is 1.47 bits per heavy atom. The summed E-state index contributed by atoms with van der Waals surface area (Å²) >= 11 is 0. The number of nitrogen functional groups attached to an aromatic ring is 1. The molecule has 1 fully saturated rings. The highest BCUT2D eigenvalue weighted by Crippen LogP contribution is 2.26. The van der Waals surface area contributed by atoms with E-state index in [0.29, 0.717) is 18.0 Å². The number of carbonyl (C=O) groups excluding carboxylic acids is 1. The van der Waals surface area contributed by atoms with Crippen LogP contribution in [0.4, 0.5) is 11.5 Å². The van der Waals surface area contributed by atoms with Gasteiger partial charge in [-0.3, -0.25) is 4.79 Å². The number of amides is 1. The van der Waals surface area contributed by atoms with Crippen molar-refractivity contribution in [2.75, 3.05) is 23.7 Å². The molecule has 2 heterocycles. The van der Waals surface area contributed by atoms with Crippen LogP contribution in [0.3, 0.4) is 0 Å². The Morgan fingerprint density at radius 3 is 2.76 bits per heavy atom. The number of carbonyl (C=O) groups is 1. The fraction of sp³-hybridized carbons (Fsp3) is 0.500. The van der Waals surface area contributed by atoms with Gasteiger partial charge in [0.2, 0.25) is 5.91 Å². The van der Waals surface area contributed by atoms with Gasteiger partial charge in [-0.15, -0.1) is 0 Å². The van der Waals surface area contributed by atoms with E-state index in [-0.39, 0.29) is 5.91 Å². The Labute approximate surface area is 101 Å². The van der Waals surface area contributed by atoms with Gasteiger partial charge < -0.3 is 16.4 Å². The summed E-state index contributed by atoms with van der Waals surface area (Å²) in [5.41, 5.74) is 11.8. The third kappa shape index (κ3) is 2.87. The van der Waals surface area contributed by atoms with Crippen molar-refractivity contribution in [2.45, 2.75) is 19.3 Å². The largest absolute Gasteiger partial charge is 0.396 e. The lowest BCUT2D eigenvalue weighted by Gasteiger charge is -2.32. The first-order valence-corrected chi connectivity index (χ1v) is 5.90. The van der Waals surface area contributed by atoms with Crippen molar-refractivity contribution >= 4 is 17.4 Å². The Hall–Kier alpha value is -1.78. The van der Waals surface area contributed by atoms with Crippen LogP contribution in [0.15, 0.2) is 18.3 Å². The third-order valence-electron chi connectivity index (χ3n) is 3.22. The maximum Gasteiger partial charge on any atom is 0.217 e. The SMILES string of the molecule is NC(=O)CC1CCN(c2ncccc2N)CC1. The molecule has 0 aliphatic carbocycles. The molecule has 1 aliphatic rings. The quantitative estimate of drug-likeness (QED) is 0.808. The zero-order valence-electron chi connectivity index (χ0n) is 9.80. The van der Waals surface area contributed by atoms with Crippen LogP contribution < -0.4 is 16.4 Å². The molecule has 1 aromatic rings. The van der Waals surface area contributed by atoms with Gasteiger partial charge in [0.1, 0.15) is 0 Å². The number of nitrogens with zero attached hydrogens (tertiary/aromatic N) is 2. The second kappa shape index (κ2) is 5.03. The predicted molar refractivity (Wildman–Crippen MR) is 67.4 cm³/mol. The number of nitrogens with two attached hydrogens (primary N) is 2. The Morgan fingerprint density at radius 2 is 2.18 bits per heavy atom. The van der Waals surface area contributed by atoms with Crippen LogP contribution in [0.5, 0.6) is 0 Å². The Balaban J connectivity index is 1.95. The topological polar surface area (TPSA) is 85.2 Å². The lowest BCUT2D eigenvalue weighted by molar-refractivity contribution is -0.119. The molecular formula is C12H18N4O. The minimum Gasteiger partial charge on any atom is -0.396 e. The Kier molecular flexibility index (Phi) is 3.46. The maximum atomic E-state index is 10.8. The standard InChI is InChI=1S/C12H18N4O/c13-10-2-1-5-15-12(10)16-6-3-9(4-7-16)8-11(14)17/h1-2,5,9H,3-4,6-8,13H2,(H2,14,17). The minimum atomic E-state index is -0.208. The molecule has 0 unspecified atom stereocenters. The zero-order valence-corrected chi connectivity index (χ0v) is 9.80. The maximum absolute atomic E-state index is 10.8. The van der Waals surface area contributed by atoms with Gasteiger partial charge in [-0.2, -0.15) is 0 Å². The number of pyridine rings is 1. The van der Waals surface area contributed by atoms with Crippen LogP contribution in [0.2, 0.25) is 0 Å². The summed E-state index contributed by atoms with van der Waals surface area (Å²) in [7, 11) is 0. The fourth-order valence-electron chi connectivity index (χ4n) is 2.31. The molecule has 0 bridgehead atoms. The average molecular weight is 234 g/mol. The van der Waals surface area contributed by atoms with Crippen molar-refractivity contribution in [3.05, 3.63) is 18.3 Å². The monoisotopic (exact) mass is 234 g/mol. The van der Waals surface area contributed by atoms with E-state index >= 15 is 0 Å². The summed E-state index contributed by atoms with van der Waals surface area (Å²) in [6, 6.07) is 3.69. The molecule has 4 N–H and O–H groups in total. The van der Waals surface area contributed by atoms with Gasteiger partial charge in [-0.1, -0.05) is 0 Å². The fourth-order valence-corrected chi connectivity index (χ4v) is 2.31. The molecule has 2 rings (SSSR count). The molecule has 0 radical (unpaired) electrons. The van der Waals surface area contributed by atoms with Gasteiger partial charge >= 0.3 is 0 Å². The van der Waals surface area contributed by atoms with Gasteiger partial charge in [0, 0.05) is 25.7 Å². The summed E-state index contributed by atoms with van der Waals surface area (Å²) in [6.07, 6.45) is 4.19. The number of rotatable bonds is 3. The number of hydrogen-bond donors (Lipinski definition) is 2. The number of hydrogen-bond acceptors (Lipinski definition) is 4. The van der Waals surface area contributed by atoms with E-state index in [2.05, 4.69) is 9.88 Å². The molecule has 1 aliphatic heterocycles. The summed E-state index contributed by atoms with van der Waals surface area (Å²) in [5.74, 6) is 1.06. The van der Waals surface area contributed by atoms with Crippen molar-refractivity contribution < 1.29 is 4.79 Å². The average Bonchev–Trinajstić information content (AvgIpc) is 2.30. The molecule has 17 heavy (non-hydrogen) atoms. The van der Waals surface area contributed by atoms with Crippen LogP contribution in [-0.2, 0) is 4.79 Å². The van der Waals surface area contributed by atoms with Crippen molar-refractivity contribution in [3.8, 4) is 0 Å². The van der Waals surface area contributed by atoms with E-state index in [0.717, 1.165) is 31.7 Å². The van der Waals surface area contributed by atoms with Gasteiger partial charge in [-0.05, 0) is 30.9 Å². The highest BCUT2D eigenvalue weighted by Gasteiger charge is 2.22. The Bertz CT molecular complexity index is 399. The smallest absolute Gasteiger partial charge is 0.217 e. The van der Waals surface area contributed by atoms with Crippen LogP contribution in [-0.4, -0.2) is 24.0 Å². The molecule has 5 nitrogen and oxygen atoms in total. The highest BCUT2D eigenvalue weighted by molar-refractivity contribution is 5.74. The van der Waals surface area contributed by atoms with Gasteiger partial charge in [0.15, 0.2) is 5.82 Å². The zero-order chi connectivity index (χ0) is 12.3. The number of piperidine rings is 1. The molecule has 1 aromatic heterocycles. The molecule has 1 saturated heterocycles. The molecule has 0 atom stereocenters. The first-order valence-electron chi connectivity index (χ1n) is 5.90. The van der Waals surface area contributed by atoms with E-state index in [1.54, 1.807) is 6.20 Å². The predicted octanol–water partition coefficient (Wildman–Crippen LogP) is 0.756. The van der Waals surface area contributed by atoms with Crippen LogP contribution in [0, 0.1) is 5.92 Å². The number of primary amides is 1. The summed E-state index contributed by atoms with van der Waals surface area (Å²) in [6.45, 7) is 1.78. The van der Waals surface area contributed by atoms with Crippen LogP contribution >= 0.6 is 0 Å². The molecule has 0 spiro atoms. The summed E-state index contributed by atoms with van der Waals surface area (Å²) < 4.78 is 0. The summed E-state index contributed by atoms with van der Waals surface area (Å²) in [5, 5.41) is 0. The number of aromatic nitrogens is 1. The van der Waals surface area contributed by atoms with Crippen molar-refractivity contribution in [1.29, 1.82) is 0 Å². The van der Waals surface area contributed by atoms with Crippen LogP contribution in [0.25, 0.3) is 0 Å². The first-order chi connectivity index (χ1) is 8.16. The molecule has 0 aromatic carbocycles. The lowest BCUT2D eigenvalue weighted by atomic mass is 9.93. The molecule has 5 heteroatoms. The van der Waals surface area contributed by atoms with Gasteiger partial charge in [0.25, 0.3) is 0 Å². The third-order valence-corrected chi connectivity index (χ3v) is 3.22. The second-order valence-electron chi connectivity index (χ2n) is 4.52. The lowest BCUT2D eigenvalue weighted by Crippen LogP contribution is -2.35.